The number of carbonyl (C=O) groups is 1. The number of hydrogen-bond donors (Lipinski definition) is 3. The summed E-state index contributed by atoms with van der Waals surface area (Å²) in [6.45, 7) is 3.94. The molecule has 2 heterocycles. The summed E-state index contributed by atoms with van der Waals surface area (Å²) in [4.78, 5) is 26.4. The van der Waals surface area contributed by atoms with E-state index in [0.717, 1.165) is 36.6 Å². The summed E-state index contributed by atoms with van der Waals surface area (Å²) in [6.07, 6.45) is 3.76. The first kappa shape index (κ1) is 20.8. The molecule has 2 aromatic rings. The minimum atomic E-state index is -0.847. The molecule has 0 radical (unpaired) electrons. The van der Waals surface area contributed by atoms with Crippen LogP contribution in [0.1, 0.15) is 54.7 Å². The van der Waals surface area contributed by atoms with Gasteiger partial charge in [0.2, 0.25) is 0 Å². The summed E-state index contributed by atoms with van der Waals surface area (Å²) in [5.41, 5.74) is 8.59. The van der Waals surface area contributed by atoms with Gasteiger partial charge in [-0.1, -0.05) is 13.0 Å². The van der Waals surface area contributed by atoms with Crippen molar-refractivity contribution in [3.63, 3.8) is 0 Å². The fraction of sp³-hybridized carbons (Fsp3) is 0.417. The van der Waals surface area contributed by atoms with Gasteiger partial charge in [0.1, 0.15) is 17.3 Å². The van der Waals surface area contributed by atoms with Crippen molar-refractivity contribution in [1.29, 1.82) is 0 Å². The molecule has 166 valence electrons. The van der Waals surface area contributed by atoms with Crippen LogP contribution in [0.25, 0.3) is 0 Å². The smallest absolute Gasteiger partial charge is 0.274 e. The SMILES string of the molecule is CC1=N[C@]2(N=C1N)c1cc(NC(=O)c3ccc(F)cn3)ccc1C[C@]21CC[C@@H](O)[C@H](C)C1. The van der Waals surface area contributed by atoms with Gasteiger partial charge in [-0.15, -0.1) is 0 Å². The van der Waals surface area contributed by atoms with Gasteiger partial charge in [-0.25, -0.2) is 14.4 Å². The Morgan fingerprint density at radius 1 is 1.28 bits per heavy atom. The number of amidine groups is 1. The van der Waals surface area contributed by atoms with Gasteiger partial charge in [0.15, 0.2) is 5.66 Å². The maximum absolute atomic E-state index is 13.1. The Bertz CT molecular complexity index is 1140. The number of nitrogens with two attached hydrogens (primary N) is 1. The highest BCUT2D eigenvalue weighted by Crippen LogP contribution is 2.62. The molecule has 7 nitrogen and oxygen atoms in total. The number of hydrogen-bond acceptors (Lipinski definition) is 6. The molecule has 1 aliphatic heterocycles. The summed E-state index contributed by atoms with van der Waals surface area (Å²) in [5.74, 6) is -0.356. The lowest BCUT2D eigenvalue weighted by Gasteiger charge is -2.46. The summed E-state index contributed by atoms with van der Waals surface area (Å²) in [7, 11) is 0. The number of amides is 1. The Kier molecular flexibility index (Phi) is 4.67. The van der Waals surface area contributed by atoms with Crippen molar-refractivity contribution in [2.45, 2.75) is 51.3 Å². The van der Waals surface area contributed by atoms with Crippen molar-refractivity contribution in [3.05, 3.63) is 59.2 Å². The molecule has 1 aromatic carbocycles. The molecule has 2 spiro atoms. The topological polar surface area (TPSA) is 113 Å². The predicted molar refractivity (Wildman–Crippen MR) is 120 cm³/mol. The number of pyridine rings is 1. The molecule has 0 unspecified atom stereocenters. The second kappa shape index (κ2) is 7.20. The van der Waals surface area contributed by atoms with Crippen molar-refractivity contribution in [2.75, 3.05) is 5.32 Å². The van der Waals surface area contributed by atoms with Gasteiger partial charge in [0.25, 0.3) is 5.91 Å². The highest BCUT2D eigenvalue weighted by Gasteiger charge is 2.61. The molecule has 1 aromatic heterocycles. The molecule has 3 aliphatic rings. The van der Waals surface area contributed by atoms with Crippen LogP contribution in [0.5, 0.6) is 0 Å². The fourth-order valence-corrected chi connectivity index (χ4v) is 5.59. The molecule has 2 aliphatic carbocycles. The molecule has 1 fully saturated rings. The number of aliphatic hydroxyl groups excluding tert-OH is 1. The van der Waals surface area contributed by atoms with Crippen molar-refractivity contribution < 1.29 is 14.3 Å². The zero-order valence-corrected chi connectivity index (χ0v) is 18.1. The minimum Gasteiger partial charge on any atom is -0.393 e. The largest absolute Gasteiger partial charge is 0.393 e. The van der Waals surface area contributed by atoms with Gasteiger partial charge in [-0.05, 0) is 68.4 Å². The van der Waals surface area contributed by atoms with E-state index < -0.39 is 17.4 Å². The molecule has 5 rings (SSSR count). The van der Waals surface area contributed by atoms with Crippen molar-refractivity contribution in [3.8, 4) is 0 Å². The number of rotatable bonds is 2. The van der Waals surface area contributed by atoms with Crippen molar-refractivity contribution >= 4 is 23.1 Å². The predicted octanol–water partition coefficient (Wildman–Crippen LogP) is 3.18. The average Bonchev–Trinajstić information content (AvgIpc) is 3.19. The molecule has 1 saturated carbocycles. The number of carbonyl (C=O) groups excluding carboxylic acids is 1. The molecule has 1 amide bonds. The molecule has 32 heavy (non-hydrogen) atoms. The summed E-state index contributed by atoms with van der Waals surface area (Å²) >= 11 is 0. The van der Waals surface area contributed by atoms with E-state index in [9.17, 15) is 14.3 Å². The van der Waals surface area contributed by atoms with Crippen LogP contribution in [0.3, 0.4) is 0 Å². The number of aromatic nitrogens is 1. The number of anilines is 1. The van der Waals surface area contributed by atoms with Crippen LogP contribution in [0, 0.1) is 17.2 Å². The number of nitrogens with one attached hydrogen (secondary N) is 1. The second-order valence-electron chi connectivity index (χ2n) is 9.30. The normalized spacial score (nSPS) is 30.9. The van der Waals surface area contributed by atoms with E-state index in [1.807, 2.05) is 25.1 Å². The van der Waals surface area contributed by atoms with Gasteiger partial charge in [0, 0.05) is 16.7 Å². The van der Waals surface area contributed by atoms with Crippen LogP contribution in [0.15, 0.2) is 46.5 Å². The van der Waals surface area contributed by atoms with E-state index in [-0.39, 0.29) is 23.1 Å². The number of halogens is 1. The molecular formula is C24H26FN5O2. The third kappa shape index (κ3) is 3.04. The summed E-state index contributed by atoms with van der Waals surface area (Å²) in [6, 6.07) is 8.32. The maximum Gasteiger partial charge on any atom is 0.274 e. The first-order valence-electron chi connectivity index (χ1n) is 10.9. The van der Waals surface area contributed by atoms with Crippen molar-refractivity contribution in [2.24, 2.45) is 27.1 Å². The quantitative estimate of drug-likeness (QED) is 0.672. The highest BCUT2D eigenvalue weighted by atomic mass is 19.1. The number of nitrogens with zero attached hydrogens (tertiary/aromatic N) is 3. The Morgan fingerprint density at radius 2 is 2.09 bits per heavy atom. The van der Waals surface area contributed by atoms with E-state index in [2.05, 4.69) is 17.2 Å². The minimum absolute atomic E-state index is 0.130. The third-order valence-corrected chi connectivity index (χ3v) is 7.24. The first-order chi connectivity index (χ1) is 15.2. The standard InChI is InChI=1S/C24H26FN5O2/c1-13-10-23(8-7-20(13)31)11-15-3-5-17(28-22(32)19-6-4-16(25)12-27-19)9-18(15)24(23)29-14(2)21(26)30-24/h3-6,9,12-13,20,31H,7-8,10-11H2,1-2H3,(H2,26,30)(H,28,32)/t13-,20-,23-,24+/m1/s1. The number of fused-ring (bicyclic) bond motifs is 3. The summed E-state index contributed by atoms with van der Waals surface area (Å²) in [5, 5.41) is 13.2. The third-order valence-electron chi connectivity index (χ3n) is 7.24. The van der Waals surface area contributed by atoms with Gasteiger partial charge in [-0.3, -0.25) is 9.79 Å². The van der Waals surface area contributed by atoms with Gasteiger partial charge in [-0.2, -0.15) is 0 Å². The van der Waals surface area contributed by atoms with Crippen molar-refractivity contribution in [1.82, 2.24) is 4.98 Å². The van der Waals surface area contributed by atoms with Crippen LogP contribution in [0.2, 0.25) is 0 Å². The molecular weight excluding hydrogens is 409 g/mol. The Morgan fingerprint density at radius 3 is 2.75 bits per heavy atom. The number of aliphatic hydroxyl groups is 1. The van der Waals surface area contributed by atoms with E-state index in [1.165, 1.54) is 12.1 Å². The van der Waals surface area contributed by atoms with Gasteiger partial charge < -0.3 is 16.2 Å². The van der Waals surface area contributed by atoms with Gasteiger partial charge >= 0.3 is 0 Å². The van der Waals surface area contributed by atoms with Crippen LogP contribution in [-0.2, 0) is 12.1 Å². The molecule has 4 N–H and O–H groups in total. The van der Waals surface area contributed by atoms with E-state index >= 15 is 0 Å². The highest BCUT2D eigenvalue weighted by molar-refractivity contribution is 6.41. The zero-order chi connectivity index (χ0) is 22.7. The first-order valence-corrected chi connectivity index (χ1v) is 10.9. The van der Waals surface area contributed by atoms with Crippen LogP contribution < -0.4 is 11.1 Å². The van der Waals surface area contributed by atoms with E-state index in [4.69, 9.17) is 15.7 Å². The van der Waals surface area contributed by atoms with Gasteiger partial charge in [0.05, 0.1) is 18.0 Å². The van der Waals surface area contributed by atoms with Crippen LogP contribution >= 0.6 is 0 Å². The lowest BCUT2D eigenvalue weighted by atomic mass is 9.62. The fourth-order valence-electron chi connectivity index (χ4n) is 5.59. The zero-order valence-electron chi connectivity index (χ0n) is 18.1. The Hall–Kier alpha value is -3.13. The molecule has 8 heteroatoms. The Balaban J connectivity index is 1.54. The lowest BCUT2D eigenvalue weighted by Crippen LogP contribution is -2.46. The number of aliphatic imine (C=N–C) groups is 2. The monoisotopic (exact) mass is 435 g/mol. The summed E-state index contributed by atoms with van der Waals surface area (Å²) < 4.78 is 13.1. The van der Waals surface area contributed by atoms with Crippen LogP contribution in [-0.4, -0.2) is 33.6 Å². The maximum atomic E-state index is 13.1. The molecule has 4 atom stereocenters. The lowest BCUT2D eigenvalue weighted by molar-refractivity contribution is -0.0158. The van der Waals surface area contributed by atoms with Crippen LogP contribution in [0.4, 0.5) is 10.1 Å². The van der Waals surface area contributed by atoms with E-state index in [0.29, 0.717) is 23.7 Å². The second-order valence-corrected chi connectivity index (χ2v) is 9.30. The molecule has 0 bridgehead atoms. The number of benzene rings is 1. The Labute approximate surface area is 185 Å². The molecule has 0 saturated heterocycles. The van der Waals surface area contributed by atoms with E-state index in [1.54, 1.807) is 0 Å². The average molecular weight is 436 g/mol.